The van der Waals surface area contributed by atoms with Gasteiger partial charge in [0.1, 0.15) is 17.8 Å². The Kier molecular flexibility index (Phi) is 8.63. The molecule has 0 aromatic carbocycles. The third-order valence-corrected chi connectivity index (χ3v) is 13.8. The standard InChI is InChI=1S/C37H60O7/c1-10-33(5,30(40)42-15-14-38)22-34(6,31(41)44-36(8)19-24-16-23(2)27(36)17-24)21-32(3,4)29(39)43-37(9)20-25-18-28(37)35(7)13-11-12-26(25)35/h23-28,38H,10-22H2,1-9H3. The van der Waals surface area contributed by atoms with E-state index in [-0.39, 0.29) is 43.4 Å². The van der Waals surface area contributed by atoms with Gasteiger partial charge in [-0.25, -0.2) is 0 Å². The smallest absolute Gasteiger partial charge is 0.312 e. The number of carbonyl (C=O) groups excluding carboxylic acids is 3. The fourth-order valence-electron chi connectivity index (χ4n) is 11.8. The second kappa shape index (κ2) is 11.3. The lowest BCUT2D eigenvalue weighted by Crippen LogP contribution is -2.51. The van der Waals surface area contributed by atoms with E-state index in [0.29, 0.717) is 36.0 Å². The predicted octanol–water partition coefficient (Wildman–Crippen LogP) is 7.27. The molecule has 44 heavy (non-hydrogen) atoms. The number of hydrogen-bond donors (Lipinski definition) is 1. The minimum absolute atomic E-state index is 0.0903. The largest absolute Gasteiger partial charge is 0.463 e. The van der Waals surface area contributed by atoms with E-state index in [9.17, 15) is 19.5 Å². The van der Waals surface area contributed by atoms with Crippen molar-refractivity contribution >= 4 is 17.9 Å². The molecule has 5 saturated carbocycles. The van der Waals surface area contributed by atoms with Crippen LogP contribution in [0.1, 0.15) is 133 Å². The molecule has 7 nitrogen and oxygen atoms in total. The highest BCUT2D eigenvalue weighted by atomic mass is 16.6. The van der Waals surface area contributed by atoms with Crippen molar-refractivity contribution in [3.05, 3.63) is 0 Å². The molecule has 5 aliphatic rings. The number of esters is 3. The van der Waals surface area contributed by atoms with Crippen molar-refractivity contribution in [1.82, 2.24) is 0 Å². The van der Waals surface area contributed by atoms with Crippen LogP contribution in [0.5, 0.6) is 0 Å². The number of fused-ring (bicyclic) bond motifs is 7. The van der Waals surface area contributed by atoms with Crippen molar-refractivity contribution in [2.45, 2.75) is 144 Å². The van der Waals surface area contributed by atoms with Crippen LogP contribution < -0.4 is 0 Å². The first kappa shape index (κ1) is 33.7. The second-order valence-electron chi connectivity index (χ2n) is 17.9. The van der Waals surface area contributed by atoms with Crippen LogP contribution in [-0.4, -0.2) is 47.4 Å². The van der Waals surface area contributed by atoms with Gasteiger partial charge in [-0.05, 0) is 135 Å². The quantitative estimate of drug-likeness (QED) is 0.182. The molecule has 0 aliphatic heterocycles. The van der Waals surface area contributed by atoms with E-state index in [4.69, 9.17) is 14.2 Å². The number of rotatable bonds is 12. The summed E-state index contributed by atoms with van der Waals surface area (Å²) in [6.07, 6.45) is 9.78. The highest BCUT2D eigenvalue weighted by Crippen LogP contribution is 2.70. The van der Waals surface area contributed by atoms with E-state index < -0.39 is 33.4 Å². The molecular weight excluding hydrogens is 556 g/mol. The topological polar surface area (TPSA) is 99.1 Å². The van der Waals surface area contributed by atoms with Crippen LogP contribution in [0.3, 0.4) is 0 Å². The Morgan fingerprint density at radius 3 is 2.14 bits per heavy atom. The average Bonchev–Trinajstić information content (AvgIpc) is 3.71. The van der Waals surface area contributed by atoms with E-state index in [0.717, 1.165) is 31.6 Å². The predicted molar refractivity (Wildman–Crippen MR) is 168 cm³/mol. The van der Waals surface area contributed by atoms with Gasteiger partial charge in [0.05, 0.1) is 22.9 Å². The summed E-state index contributed by atoms with van der Waals surface area (Å²) in [6, 6.07) is 0. The third-order valence-electron chi connectivity index (χ3n) is 13.8. The molecule has 1 N–H and O–H groups in total. The minimum Gasteiger partial charge on any atom is -0.463 e. The van der Waals surface area contributed by atoms with Crippen LogP contribution in [-0.2, 0) is 28.6 Å². The highest BCUT2D eigenvalue weighted by Gasteiger charge is 2.67. The summed E-state index contributed by atoms with van der Waals surface area (Å²) in [6.45, 7) is 17.9. The van der Waals surface area contributed by atoms with Crippen molar-refractivity contribution in [2.24, 2.45) is 57.2 Å². The van der Waals surface area contributed by atoms with Gasteiger partial charge in [-0.1, -0.05) is 27.2 Å². The summed E-state index contributed by atoms with van der Waals surface area (Å²) in [7, 11) is 0. The summed E-state index contributed by atoms with van der Waals surface area (Å²) in [5.74, 6) is 2.07. The maximum Gasteiger partial charge on any atom is 0.312 e. The van der Waals surface area contributed by atoms with Gasteiger partial charge in [-0.15, -0.1) is 0 Å². The lowest BCUT2D eigenvalue weighted by molar-refractivity contribution is -0.190. The van der Waals surface area contributed by atoms with Gasteiger partial charge in [-0.2, -0.15) is 0 Å². The van der Waals surface area contributed by atoms with Crippen LogP contribution in [0.2, 0.25) is 0 Å². The Bertz CT molecular complexity index is 1150. The minimum atomic E-state index is -1.14. The molecule has 0 amide bonds. The summed E-state index contributed by atoms with van der Waals surface area (Å²) < 4.78 is 18.5. The fourth-order valence-corrected chi connectivity index (χ4v) is 11.8. The third kappa shape index (κ3) is 5.53. The number of aliphatic hydroxyl groups excluding tert-OH is 1. The van der Waals surface area contributed by atoms with Crippen molar-refractivity contribution in [3.8, 4) is 0 Å². The summed E-state index contributed by atoms with van der Waals surface area (Å²) in [4.78, 5) is 41.9. The van der Waals surface area contributed by atoms with Crippen LogP contribution in [0.15, 0.2) is 0 Å². The molecule has 0 radical (unpaired) electrons. The molecule has 0 saturated heterocycles. The number of carbonyl (C=O) groups is 3. The van der Waals surface area contributed by atoms with Gasteiger partial charge in [0.15, 0.2) is 0 Å². The number of aliphatic hydroxyl groups is 1. The molecule has 0 spiro atoms. The first-order valence-corrected chi connectivity index (χ1v) is 17.6. The van der Waals surface area contributed by atoms with E-state index in [1.165, 1.54) is 25.7 Å². The molecule has 4 bridgehead atoms. The monoisotopic (exact) mass is 616 g/mol. The fraction of sp³-hybridized carbons (Fsp3) is 0.919. The Labute approximate surface area is 265 Å². The summed E-state index contributed by atoms with van der Waals surface area (Å²) >= 11 is 0. The Hall–Kier alpha value is -1.63. The lowest BCUT2D eigenvalue weighted by Gasteiger charge is -2.48. The zero-order valence-corrected chi connectivity index (χ0v) is 29.1. The van der Waals surface area contributed by atoms with Crippen LogP contribution >= 0.6 is 0 Å². The zero-order chi connectivity index (χ0) is 32.5. The number of hydrogen-bond acceptors (Lipinski definition) is 7. The van der Waals surface area contributed by atoms with Crippen molar-refractivity contribution in [3.63, 3.8) is 0 Å². The van der Waals surface area contributed by atoms with E-state index in [1.54, 1.807) is 0 Å². The van der Waals surface area contributed by atoms with Gasteiger partial charge in [0, 0.05) is 11.8 Å². The van der Waals surface area contributed by atoms with Crippen LogP contribution in [0.25, 0.3) is 0 Å². The molecule has 0 heterocycles. The lowest BCUT2D eigenvalue weighted by atomic mass is 9.63. The first-order chi connectivity index (χ1) is 20.3. The molecule has 5 aliphatic carbocycles. The molecule has 0 aromatic heterocycles. The van der Waals surface area contributed by atoms with Crippen molar-refractivity contribution in [2.75, 3.05) is 13.2 Å². The zero-order valence-electron chi connectivity index (χ0n) is 29.1. The molecule has 250 valence electrons. The van der Waals surface area contributed by atoms with E-state index >= 15 is 0 Å². The van der Waals surface area contributed by atoms with E-state index in [2.05, 4.69) is 27.7 Å². The van der Waals surface area contributed by atoms with Gasteiger partial charge in [0.2, 0.25) is 0 Å². The normalized spacial score (nSPS) is 41.6. The molecule has 11 atom stereocenters. The second-order valence-corrected chi connectivity index (χ2v) is 17.9. The first-order valence-electron chi connectivity index (χ1n) is 17.6. The molecule has 5 fully saturated rings. The van der Waals surface area contributed by atoms with Crippen molar-refractivity contribution < 1.29 is 33.7 Å². The summed E-state index contributed by atoms with van der Waals surface area (Å²) in [5.41, 5.74) is -3.92. The van der Waals surface area contributed by atoms with E-state index in [1.807, 2.05) is 34.6 Å². The van der Waals surface area contributed by atoms with Crippen LogP contribution in [0, 0.1) is 57.2 Å². The molecule has 5 rings (SSSR count). The van der Waals surface area contributed by atoms with Gasteiger partial charge in [0.25, 0.3) is 0 Å². The molecule has 11 unspecified atom stereocenters. The Morgan fingerprint density at radius 2 is 1.52 bits per heavy atom. The Morgan fingerprint density at radius 1 is 0.841 bits per heavy atom. The average molecular weight is 617 g/mol. The number of ether oxygens (including phenoxy) is 3. The van der Waals surface area contributed by atoms with Crippen LogP contribution in [0.4, 0.5) is 0 Å². The maximum absolute atomic E-state index is 14.5. The molecule has 0 aromatic rings. The maximum atomic E-state index is 14.5. The highest BCUT2D eigenvalue weighted by molar-refractivity contribution is 5.83. The van der Waals surface area contributed by atoms with Gasteiger partial charge in [-0.3, -0.25) is 14.4 Å². The Balaban J connectivity index is 1.38. The van der Waals surface area contributed by atoms with Gasteiger partial charge < -0.3 is 19.3 Å². The summed E-state index contributed by atoms with van der Waals surface area (Å²) in [5, 5.41) is 9.29. The molecule has 7 heteroatoms. The van der Waals surface area contributed by atoms with Crippen molar-refractivity contribution in [1.29, 1.82) is 0 Å². The van der Waals surface area contributed by atoms with Gasteiger partial charge >= 0.3 is 17.9 Å². The SMILES string of the molecule is CCC(C)(CC(C)(CC(C)(C)C(=O)OC1(C)CC2CC1C1(C)CCCC21)C(=O)OC1(C)CC2CC(C)C1C2)C(=O)OCCO. The molecular formula is C37H60O7.